The largest absolute Gasteiger partial charge is 0.0622 e. The summed E-state index contributed by atoms with van der Waals surface area (Å²) < 4.78 is 0. The molecule has 2 aliphatic rings. The molecule has 2 fully saturated rings. The van der Waals surface area contributed by atoms with Crippen molar-refractivity contribution in [3.05, 3.63) is 35.9 Å². The van der Waals surface area contributed by atoms with Gasteiger partial charge in [-0.15, -0.1) is 0 Å². The SMILES string of the molecule is c1ccc(CC2CC3CCCC[C@@H]32)cc1. The van der Waals surface area contributed by atoms with E-state index >= 15 is 0 Å². The van der Waals surface area contributed by atoms with Gasteiger partial charge in [-0.25, -0.2) is 0 Å². The maximum atomic E-state index is 2.29. The van der Waals surface area contributed by atoms with E-state index in [-0.39, 0.29) is 0 Å². The summed E-state index contributed by atoms with van der Waals surface area (Å²) >= 11 is 0. The van der Waals surface area contributed by atoms with Crippen LogP contribution in [-0.2, 0) is 6.42 Å². The van der Waals surface area contributed by atoms with Crippen molar-refractivity contribution in [2.75, 3.05) is 0 Å². The fraction of sp³-hybridized carbons (Fsp3) is 0.600. The third-order valence-electron chi connectivity index (χ3n) is 4.52. The van der Waals surface area contributed by atoms with E-state index in [1.165, 1.54) is 38.5 Å². The molecule has 2 aliphatic carbocycles. The van der Waals surface area contributed by atoms with Crippen molar-refractivity contribution in [2.24, 2.45) is 17.8 Å². The van der Waals surface area contributed by atoms with Crippen LogP contribution in [0.25, 0.3) is 0 Å². The van der Waals surface area contributed by atoms with Gasteiger partial charge in [0.15, 0.2) is 0 Å². The summed E-state index contributed by atoms with van der Waals surface area (Å²) in [5, 5.41) is 0. The van der Waals surface area contributed by atoms with Crippen LogP contribution in [0.15, 0.2) is 30.3 Å². The van der Waals surface area contributed by atoms with Crippen LogP contribution in [0.3, 0.4) is 0 Å². The standard InChI is InChI=1S/C15H20/c1-2-6-12(7-3-1)10-14-11-13-8-4-5-9-15(13)14/h1-3,6-7,13-15H,4-5,8-11H2/t13?,14?,15-/m0/s1. The molecule has 0 heterocycles. The molecule has 2 saturated carbocycles. The zero-order valence-electron chi connectivity index (χ0n) is 9.36. The summed E-state index contributed by atoms with van der Waals surface area (Å²) in [4.78, 5) is 0. The molecule has 0 nitrogen and oxygen atoms in total. The highest BCUT2D eigenvalue weighted by atomic mass is 14.5. The molecule has 1 aromatic carbocycles. The predicted octanol–water partition coefficient (Wildman–Crippen LogP) is 4.06. The Labute approximate surface area is 92.7 Å². The van der Waals surface area contributed by atoms with Crippen LogP contribution < -0.4 is 0 Å². The molecule has 3 atom stereocenters. The molecule has 80 valence electrons. The number of benzene rings is 1. The second-order valence-electron chi connectivity index (χ2n) is 5.39. The first kappa shape index (κ1) is 9.45. The minimum Gasteiger partial charge on any atom is -0.0622 e. The minimum atomic E-state index is 1.01. The monoisotopic (exact) mass is 200 g/mol. The average molecular weight is 200 g/mol. The van der Waals surface area contributed by atoms with Gasteiger partial charge in [-0.05, 0) is 42.6 Å². The van der Waals surface area contributed by atoms with Gasteiger partial charge in [-0.3, -0.25) is 0 Å². The van der Waals surface area contributed by atoms with Crippen LogP contribution in [0.5, 0.6) is 0 Å². The van der Waals surface area contributed by atoms with Crippen LogP contribution >= 0.6 is 0 Å². The Bertz CT molecular complexity index is 314. The molecule has 0 aromatic heterocycles. The topological polar surface area (TPSA) is 0 Å². The molecule has 0 aliphatic heterocycles. The zero-order valence-corrected chi connectivity index (χ0v) is 9.36. The highest BCUT2D eigenvalue weighted by Gasteiger charge is 2.41. The summed E-state index contributed by atoms with van der Waals surface area (Å²) in [5.74, 6) is 3.20. The maximum Gasteiger partial charge on any atom is -0.0248 e. The van der Waals surface area contributed by atoms with E-state index in [0.29, 0.717) is 0 Å². The Hall–Kier alpha value is -0.780. The number of fused-ring (bicyclic) bond motifs is 1. The Morgan fingerprint density at radius 3 is 2.60 bits per heavy atom. The third-order valence-corrected chi connectivity index (χ3v) is 4.52. The number of rotatable bonds is 2. The van der Waals surface area contributed by atoms with Gasteiger partial charge in [-0.2, -0.15) is 0 Å². The van der Waals surface area contributed by atoms with E-state index < -0.39 is 0 Å². The van der Waals surface area contributed by atoms with Crippen molar-refractivity contribution < 1.29 is 0 Å². The highest BCUT2D eigenvalue weighted by molar-refractivity contribution is 5.16. The maximum absolute atomic E-state index is 2.29. The van der Waals surface area contributed by atoms with Gasteiger partial charge >= 0.3 is 0 Å². The molecule has 0 bridgehead atoms. The van der Waals surface area contributed by atoms with E-state index in [0.717, 1.165) is 17.8 Å². The molecule has 0 saturated heterocycles. The molecule has 0 spiro atoms. The lowest BCUT2D eigenvalue weighted by atomic mass is 9.57. The Morgan fingerprint density at radius 2 is 1.80 bits per heavy atom. The smallest absolute Gasteiger partial charge is 0.0248 e. The number of hydrogen-bond acceptors (Lipinski definition) is 0. The van der Waals surface area contributed by atoms with Crippen LogP contribution in [0, 0.1) is 17.8 Å². The molecule has 0 amide bonds. The molecule has 0 radical (unpaired) electrons. The molecule has 1 aromatic rings. The van der Waals surface area contributed by atoms with Crippen molar-refractivity contribution in [1.82, 2.24) is 0 Å². The lowest BCUT2D eigenvalue weighted by Gasteiger charge is -2.48. The van der Waals surface area contributed by atoms with Gasteiger partial charge in [0.05, 0.1) is 0 Å². The second kappa shape index (κ2) is 4.00. The van der Waals surface area contributed by atoms with Crippen LogP contribution in [0.1, 0.15) is 37.7 Å². The van der Waals surface area contributed by atoms with Gasteiger partial charge in [0, 0.05) is 0 Å². The first-order valence-corrected chi connectivity index (χ1v) is 6.47. The molecule has 2 unspecified atom stereocenters. The molecule has 15 heavy (non-hydrogen) atoms. The lowest BCUT2D eigenvalue weighted by molar-refractivity contribution is 0.0300. The normalized spacial score (nSPS) is 34.3. The van der Waals surface area contributed by atoms with E-state index in [1.54, 1.807) is 5.56 Å². The highest BCUT2D eigenvalue weighted by Crippen LogP contribution is 2.50. The second-order valence-corrected chi connectivity index (χ2v) is 5.39. The van der Waals surface area contributed by atoms with E-state index in [2.05, 4.69) is 30.3 Å². The van der Waals surface area contributed by atoms with Gasteiger partial charge in [0.25, 0.3) is 0 Å². The van der Waals surface area contributed by atoms with Crippen molar-refractivity contribution in [2.45, 2.75) is 38.5 Å². The van der Waals surface area contributed by atoms with Crippen LogP contribution in [0.4, 0.5) is 0 Å². The molecule has 0 heteroatoms. The molecular formula is C15H20. The summed E-state index contributed by atoms with van der Waals surface area (Å²) in [6.45, 7) is 0. The number of hydrogen-bond donors (Lipinski definition) is 0. The Kier molecular flexibility index (Phi) is 2.52. The summed E-state index contributed by atoms with van der Waals surface area (Å²) in [5.41, 5.74) is 1.55. The fourth-order valence-electron chi connectivity index (χ4n) is 3.67. The first-order chi connectivity index (χ1) is 7.43. The summed E-state index contributed by atoms with van der Waals surface area (Å²) in [6, 6.07) is 11.0. The first-order valence-electron chi connectivity index (χ1n) is 6.47. The summed E-state index contributed by atoms with van der Waals surface area (Å²) in [6.07, 6.45) is 8.88. The zero-order chi connectivity index (χ0) is 10.1. The van der Waals surface area contributed by atoms with Gasteiger partial charge < -0.3 is 0 Å². The van der Waals surface area contributed by atoms with E-state index in [4.69, 9.17) is 0 Å². The fourth-order valence-corrected chi connectivity index (χ4v) is 3.67. The molecule has 3 rings (SSSR count). The summed E-state index contributed by atoms with van der Waals surface area (Å²) in [7, 11) is 0. The van der Waals surface area contributed by atoms with Crippen molar-refractivity contribution >= 4 is 0 Å². The molecule has 0 N–H and O–H groups in total. The van der Waals surface area contributed by atoms with E-state index in [9.17, 15) is 0 Å². The van der Waals surface area contributed by atoms with Crippen LogP contribution in [-0.4, -0.2) is 0 Å². The Balaban J connectivity index is 1.61. The van der Waals surface area contributed by atoms with Crippen LogP contribution in [0.2, 0.25) is 0 Å². The minimum absolute atomic E-state index is 1.01. The average Bonchev–Trinajstić information content (AvgIpc) is 2.27. The van der Waals surface area contributed by atoms with Crippen molar-refractivity contribution in [3.8, 4) is 0 Å². The van der Waals surface area contributed by atoms with Crippen molar-refractivity contribution in [1.29, 1.82) is 0 Å². The van der Waals surface area contributed by atoms with E-state index in [1.807, 2.05) is 0 Å². The van der Waals surface area contributed by atoms with Gasteiger partial charge in [0.1, 0.15) is 0 Å². The van der Waals surface area contributed by atoms with Gasteiger partial charge in [-0.1, -0.05) is 49.6 Å². The van der Waals surface area contributed by atoms with Crippen molar-refractivity contribution in [3.63, 3.8) is 0 Å². The lowest BCUT2D eigenvalue weighted by Crippen LogP contribution is -2.39. The quantitative estimate of drug-likeness (QED) is 0.675. The predicted molar refractivity (Wildman–Crippen MR) is 63.7 cm³/mol. The third kappa shape index (κ3) is 1.82. The Morgan fingerprint density at radius 1 is 1.00 bits per heavy atom. The van der Waals surface area contributed by atoms with Gasteiger partial charge in [0.2, 0.25) is 0 Å². The molecular weight excluding hydrogens is 180 g/mol.